The molecular weight excluding hydrogens is 305 g/mol. The number of carboxylic acid groups (broad SMARTS) is 1. The van der Waals surface area contributed by atoms with Gasteiger partial charge in [0.2, 0.25) is 0 Å². The van der Waals surface area contributed by atoms with Gasteiger partial charge in [0, 0.05) is 28.9 Å². The van der Waals surface area contributed by atoms with Crippen molar-refractivity contribution in [2.24, 2.45) is 0 Å². The lowest BCUT2D eigenvalue weighted by Gasteiger charge is -2.12. The van der Waals surface area contributed by atoms with E-state index in [2.05, 4.69) is 15.7 Å². The molecule has 1 aromatic carbocycles. The third kappa shape index (κ3) is 5.13. The average molecular weight is 319 g/mol. The molecule has 2 N–H and O–H groups in total. The van der Waals surface area contributed by atoms with E-state index >= 15 is 0 Å². The highest BCUT2D eigenvalue weighted by Gasteiger charge is 2.11. The van der Waals surface area contributed by atoms with Gasteiger partial charge in [-0.15, -0.1) is 0 Å². The van der Waals surface area contributed by atoms with Crippen LogP contribution in [-0.4, -0.2) is 17.1 Å². The van der Waals surface area contributed by atoms with Crippen molar-refractivity contribution < 1.29 is 9.90 Å². The van der Waals surface area contributed by atoms with Crippen LogP contribution in [-0.2, 0) is 11.2 Å². The summed E-state index contributed by atoms with van der Waals surface area (Å²) in [5.74, 6) is -0.753. The molecule has 0 saturated heterocycles. The molecule has 0 aromatic heterocycles. The number of nitrogens with one attached hydrogen (secondary N) is 1. The Balaban J connectivity index is 2.37. The van der Waals surface area contributed by atoms with Crippen LogP contribution in [0, 0.1) is 0 Å². The van der Waals surface area contributed by atoms with Crippen molar-refractivity contribution in [3.05, 3.63) is 35.9 Å². The summed E-state index contributed by atoms with van der Waals surface area (Å²) in [6.07, 6.45) is 1.93. The summed E-state index contributed by atoms with van der Waals surface area (Å²) >= 11 is 2.01. The van der Waals surface area contributed by atoms with E-state index in [4.69, 9.17) is 5.11 Å². The first-order valence-corrected chi connectivity index (χ1v) is 5.92. The quantitative estimate of drug-likeness (QED) is 0.625. The average Bonchev–Trinajstić information content (AvgIpc) is 2.25. The molecule has 4 heteroatoms. The molecule has 0 heterocycles. The number of aliphatic carboxylic acids is 1. The summed E-state index contributed by atoms with van der Waals surface area (Å²) in [6.45, 7) is 0. The second kappa shape index (κ2) is 6.79. The number of carbonyl (C=O) groups is 1. The van der Waals surface area contributed by atoms with Gasteiger partial charge in [0.1, 0.15) is 0 Å². The van der Waals surface area contributed by atoms with Crippen LogP contribution in [0.4, 0.5) is 0 Å². The maximum atomic E-state index is 10.5. The molecule has 0 saturated carbocycles. The third-order valence-corrected chi connectivity index (χ3v) is 3.08. The summed E-state index contributed by atoms with van der Waals surface area (Å²) in [5.41, 5.74) is 1.25. The van der Waals surface area contributed by atoms with Crippen LogP contribution in [0.3, 0.4) is 0 Å². The molecule has 0 radical (unpaired) electrons. The van der Waals surface area contributed by atoms with E-state index in [1.54, 1.807) is 0 Å². The van der Waals surface area contributed by atoms with Crippen LogP contribution in [0.15, 0.2) is 30.3 Å². The van der Waals surface area contributed by atoms with Gasteiger partial charge < -0.3 is 5.11 Å². The molecule has 0 aliphatic rings. The first kappa shape index (κ1) is 12.4. The lowest BCUT2D eigenvalue weighted by atomic mass is 10.0. The Morgan fingerprint density at radius 3 is 2.60 bits per heavy atom. The summed E-state index contributed by atoms with van der Waals surface area (Å²) in [5, 5.41) is 8.67. The fourth-order valence-electron chi connectivity index (χ4n) is 1.39. The topological polar surface area (TPSA) is 49.3 Å². The van der Waals surface area contributed by atoms with Gasteiger partial charge in [-0.1, -0.05) is 30.3 Å². The molecule has 1 aromatic rings. The molecular formula is C11H14INO2. The van der Waals surface area contributed by atoms with Crippen molar-refractivity contribution in [3.8, 4) is 0 Å². The zero-order valence-electron chi connectivity index (χ0n) is 8.32. The minimum Gasteiger partial charge on any atom is -0.481 e. The van der Waals surface area contributed by atoms with Crippen molar-refractivity contribution in [2.45, 2.75) is 25.3 Å². The van der Waals surface area contributed by atoms with E-state index in [0.717, 1.165) is 12.8 Å². The highest BCUT2D eigenvalue weighted by atomic mass is 127. The fraction of sp³-hybridized carbons (Fsp3) is 0.364. The Morgan fingerprint density at radius 2 is 2.07 bits per heavy atom. The van der Waals surface area contributed by atoms with E-state index in [1.165, 1.54) is 5.56 Å². The van der Waals surface area contributed by atoms with Crippen LogP contribution < -0.4 is 3.53 Å². The van der Waals surface area contributed by atoms with E-state index in [-0.39, 0.29) is 12.5 Å². The molecule has 15 heavy (non-hydrogen) atoms. The van der Waals surface area contributed by atoms with Gasteiger partial charge in [0.25, 0.3) is 0 Å². The smallest absolute Gasteiger partial charge is 0.304 e. The van der Waals surface area contributed by atoms with E-state index in [1.807, 2.05) is 41.1 Å². The number of halogens is 1. The highest BCUT2D eigenvalue weighted by molar-refractivity contribution is 14.1. The van der Waals surface area contributed by atoms with Gasteiger partial charge in [-0.3, -0.25) is 8.32 Å². The third-order valence-electron chi connectivity index (χ3n) is 2.20. The molecule has 0 amide bonds. The van der Waals surface area contributed by atoms with Crippen molar-refractivity contribution >= 4 is 28.8 Å². The molecule has 1 rings (SSSR count). The summed E-state index contributed by atoms with van der Waals surface area (Å²) in [4.78, 5) is 10.5. The lowest BCUT2D eigenvalue weighted by molar-refractivity contribution is -0.137. The summed E-state index contributed by atoms with van der Waals surface area (Å²) < 4.78 is 2.99. The lowest BCUT2D eigenvalue weighted by Crippen LogP contribution is -2.24. The maximum absolute atomic E-state index is 10.5. The minimum atomic E-state index is -0.753. The van der Waals surface area contributed by atoms with Crippen molar-refractivity contribution in [2.75, 3.05) is 0 Å². The number of benzene rings is 1. The Labute approximate surface area is 103 Å². The number of rotatable bonds is 6. The van der Waals surface area contributed by atoms with Crippen LogP contribution >= 0.6 is 22.9 Å². The number of hydrogen-bond donors (Lipinski definition) is 2. The summed E-state index contributed by atoms with van der Waals surface area (Å²) in [6, 6.07) is 10.1. The molecule has 3 nitrogen and oxygen atoms in total. The van der Waals surface area contributed by atoms with Crippen LogP contribution in [0.2, 0.25) is 0 Å². The normalized spacial score (nSPS) is 12.3. The highest BCUT2D eigenvalue weighted by Crippen LogP contribution is 2.08. The second-order valence-corrected chi connectivity index (χ2v) is 4.05. The van der Waals surface area contributed by atoms with Crippen LogP contribution in [0.1, 0.15) is 18.4 Å². The van der Waals surface area contributed by atoms with Crippen molar-refractivity contribution in [3.63, 3.8) is 0 Å². The Kier molecular flexibility index (Phi) is 5.63. The Morgan fingerprint density at radius 1 is 1.40 bits per heavy atom. The molecule has 0 aliphatic heterocycles. The number of hydrogen-bond acceptors (Lipinski definition) is 2. The maximum Gasteiger partial charge on any atom is 0.304 e. The minimum absolute atomic E-state index is 0.0447. The van der Waals surface area contributed by atoms with Crippen molar-refractivity contribution in [1.82, 2.24) is 3.53 Å². The van der Waals surface area contributed by atoms with E-state index in [9.17, 15) is 4.79 Å². The zero-order chi connectivity index (χ0) is 11.1. The standard InChI is InChI=1S/C11H14INO2/c12-13-10(8-11(14)15)7-6-9-4-2-1-3-5-9/h1-5,10,13H,6-8H2,(H,14,15). The predicted octanol–water partition coefficient (Wildman–Crippen LogP) is 2.40. The molecule has 0 fully saturated rings. The largest absolute Gasteiger partial charge is 0.481 e. The zero-order valence-corrected chi connectivity index (χ0v) is 10.5. The molecule has 1 atom stereocenters. The first-order chi connectivity index (χ1) is 7.22. The number of carboxylic acids is 1. The molecule has 0 aliphatic carbocycles. The van der Waals surface area contributed by atoms with E-state index in [0.29, 0.717) is 0 Å². The van der Waals surface area contributed by atoms with Gasteiger partial charge in [0.05, 0.1) is 6.42 Å². The second-order valence-electron chi connectivity index (χ2n) is 3.43. The predicted molar refractivity (Wildman–Crippen MR) is 68.0 cm³/mol. The summed E-state index contributed by atoms with van der Waals surface area (Å²) in [7, 11) is 0. The van der Waals surface area contributed by atoms with Gasteiger partial charge in [-0.05, 0) is 18.4 Å². The monoisotopic (exact) mass is 319 g/mol. The van der Waals surface area contributed by atoms with Crippen LogP contribution in [0.25, 0.3) is 0 Å². The molecule has 82 valence electrons. The number of aryl methyl sites for hydroxylation is 1. The Hall–Kier alpha value is -0.620. The van der Waals surface area contributed by atoms with Crippen LogP contribution in [0.5, 0.6) is 0 Å². The van der Waals surface area contributed by atoms with Gasteiger partial charge in [-0.25, -0.2) is 0 Å². The Bertz CT molecular complexity index is 303. The van der Waals surface area contributed by atoms with Gasteiger partial charge in [0.15, 0.2) is 0 Å². The first-order valence-electron chi connectivity index (χ1n) is 4.84. The SMILES string of the molecule is O=C(O)CC(CCc1ccccc1)NI. The molecule has 0 bridgehead atoms. The van der Waals surface area contributed by atoms with E-state index < -0.39 is 5.97 Å². The molecule has 1 unspecified atom stereocenters. The van der Waals surface area contributed by atoms with Crippen molar-refractivity contribution in [1.29, 1.82) is 0 Å². The van der Waals surface area contributed by atoms with Gasteiger partial charge >= 0.3 is 5.97 Å². The van der Waals surface area contributed by atoms with Gasteiger partial charge in [-0.2, -0.15) is 0 Å². The fourth-order valence-corrected chi connectivity index (χ4v) is 1.92. The molecule has 0 spiro atoms.